The molecule has 6 aromatic rings. The topological polar surface area (TPSA) is 231 Å². The maximum atomic E-state index is 13.9. The molecule has 0 saturated carbocycles. The summed E-state index contributed by atoms with van der Waals surface area (Å²) in [5.74, 6) is 4.55. The Kier molecular flexibility index (Phi) is 16.2. The van der Waals surface area contributed by atoms with E-state index in [0.717, 1.165) is 15.8 Å². The van der Waals surface area contributed by atoms with Crippen LogP contribution in [-0.4, -0.2) is 115 Å². The second-order valence-electron chi connectivity index (χ2n) is 16.1. The molecule has 1 aromatic heterocycles. The Bertz CT molecular complexity index is 3050. The zero-order valence-electron chi connectivity index (χ0n) is 38.1. The third kappa shape index (κ3) is 12.5. The van der Waals surface area contributed by atoms with Crippen molar-refractivity contribution in [2.45, 2.75) is 25.4 Å². The van der Waals surface area contributed by atoms with Gasteiger partial charge in [-0.2, -0.15) is 5.10 Å². The Labute approximate surface area is 411 Å². The Morgan fingerprint density at radius 3 is 2.27 bits per heavy atom. The highest BCUT2D eigenvalue weighted by molar-refractivity contribution is 7.22. The molecule has 1 fully saturated rings. The molecule has 1 saturated heterocycles. The van der Waals surface area contributed by atoms with Gasteiger partial charge < -0.3 is 39.4 Å². The van der Waals surface area contributed by atoms with Crippen molar-refractivity contribution in [3.05, 3.63) is 148 Å². The highest BCUT2D eigenvalue weighted by Crippen LogP contribution is 2.41. The number of imide groups is 1. The van der Waals surface area contributed by atoms with Crippen LogP contribution in [0.15, 0.2) is 114 Å². The Morgan fingerprint density at radius 1 is 0.817 bits per heavy atom. The number of piperidine rings is 1. The molecule has 0 bridgehead atoms. The smallest absolute Gasteiger partial charge is 0.271 e. The minimum atomic E-state index is -0.714. The highest BCUT2D eigenvalue weighted by Gasteiger charge is 2.39. The van der Waals surface area contributed by atoms with E-state index in [4.69, 9.17) is 18.9 Å². The molecule has 1 unspecified atom stereocenters. The fourth-order valence-corrected chi connectivity index (χ4v) is 9.02. The Hall–Kier alpha value is -8.21. The monoisotopic (exact) mass is 977 g/mol. The number of carbonyl (C=O) groups excluding carboxylic acids is 6. The number of benzene rings is 5. The number of carbonyl (C=O) groups is 6. The van der Waals surface area contributed by atoms with Gasteiger partial charge in [-0.1, -0.05) is 30.0 Å². The average Bonchev–Trinajstić information content (AvgIpc) is 3.92. The van der Waals surface area contributed by atoms with Gasteiger partial charge in [0.05, 0.1) is 45.8 Å². The van der Waals surface area contributed by atoms with Gasteiger partial charge in [0, 0.05) is 55.7 Å². The van der Waals surface area contributed by atoms with Gasteiger partial charge in [0.25, 0.3) is 11.8 Å². The number of phenolic OH excluding ortho intramolecular Hbond substituents is 2. The summed E-state index contributed by atoms with van der Waals surface area (Å²) in [7, 11) is 0. The zero-order valence-corrected chi connectivity index (χ0v) is 38.9. The summed E-state index contributed by atoms with van der Waals surface area (Å²) in [6, 6.07) is 29.3. The maximum Gasteiger partial charge on any atom is 0.271 e. The summed E-state index contributed by atoms with van der Waals surface area (Å²) in [6.45, 7) is 1.87. The number of thiophene rings is 1. The van der Waals surface area contributed by atoms with Crippen molar-refractivity contribution < 1.29 is 57.9 Å². The fraction of sp³-hybridized carbons (Fsp3) is 0.226. The molecule has 5 amide bonds. The van der Waals surface area contributed by atoms with E-state index in [1.54, 1.807) is 103 Å². The van der Waals surface area contributed by atoms with Gasteiger partial charge in [-0.25, -0.2) is 5.43 Å². The first kappa shape index (κ1) is 49.2. The number of fused-ring (bicyclic) bond motifs is 2. The van der Waals surface area contributed by atoms with Crippen LogP contribution in [0.2, 0.25) is 0 Å². The molecular formula is C53H47N5O12S. The van der Waals surface area contributed by atoms with E-state index >= 15 is 0 Å². The lowest BCUT2D eigenvalue weighted by Gasteiger charge is -2.29. The number of phenols is 2. The van der Waals surface area contributed by atoms with E-state index in [1.807, 2.05) is 0 Å². The molecule has 0 radical (unpaired) electrons. The lowest BCUT2D eigenvalue weighted by Crippen LogP contribution is -2.52. The predicted molar refractivity (Wildman–Crippen MR) is 262 cm³/mol. The van der Waals surface area contributed by atoms with Gasteiger partial charge >= 0.3 is 0 Å². The molecule has 362 valence electrons. The maximum absolute atomic E-state index is 13.9. The number of nitrogens with one attached hydrogen (secondary N) is 3. The van der Waals surface area contributed by atoms with Gasteiger partial charge in [-0.15, -0.1) is 11.3 Å². The van der Waals surface area contributed by atoms with Crippen molar-refractivity contribution >= 4 is 63.0 Å². The Balaban J connectivity index is 0.668. The van der Waals surface area contributed by atoms with Crippen LogP contribution >= 0.6 is 11.3 Å². The lowest BCUT2D eigenvalue weighted by molar-refractivity contribution is -0.137. The minimum Gasteiger partial charge on any atom is -0.508 e. The van der Waals surface area contributed by atoms with Gasteiger partial charge in [-0.3, -0.25) is 34.1 Å². The minimum absolute atomic E-state index is 0.0681. The van der Waals surface area contributed by atoms with E-state index in [2.05, 4.69) is 33.0 Å². The van der Waals surface area contributed by atoms with Crippen molar-refractivity contribution in [3.63, 3.8) is 0 Å². The molecule has 5 aromatic carbocycles. The van der Waals surface area contributed by atoms with Gasteiger partial charge in [0.1, 0.15) is 36.5 Å². The van der Waals surface area contributed by atoms with Crippen molar-refractivity contribution in [2.24, 2.45) is 5.10 Å². The van der Waals surface area contributed by atoms with E-state index in [1.165, 1.54) is 28.5 Å². The SMILES string of the molecule is O=C(COCCOCCOCCOc1ccc(/C=N/NC(=O)c2ccc(C(=O)c3c(-c4ccc(O)cc4)sc4cc(O)ccc34)cc2)cc1)NCC#Cc1cccc2c1CN(C1CCC(=O)NC1=O)C2=O. The van der Waals surface area contributed by atoms with Crippen LogP contribution in [0.5, 0.6) is 17.2 Å². The quantitative estimate of drug-likeness (QED) is 0.0163. The molecule has 17 nitrogen and oxygen atoms in total. The molecule has 2 aliphatic heterocycles. The highest BCUT2D eigenvalue weighted by atomic mass is 32.1. The molecule has 3 heterocycles. The van der Waals surface area contributed by atoms with Crippen molar-refractivity contribution in [3.8, 4) is 39.5 Å². The second kappa shape index (κ2) is 23.4. The number of amides is 5. The van der Waals surface area contributed by atoms with Crippen LogP contribution in [0.1, 0.15) is 66.2 Å². The van der Waals surface area contributed by atoms with E-state index in [-0.39, 0.29) is 80.8 Å². The average molecular weight is 978 g/mol. The van der Waals surface area contributed by atoms with Gasteiger partial charge in [0.15, 0.2) is 5.78 Å². The number of ketones is 1. The van der Waals surface area contributed by atoms with Gasteiger partial charge in [0.2, 0.25) is 17.7 Å². The van der Waals surface area contributed by atoms with E-state index < -0.39 is 17.9 Å². The van der Waals surface area contributed by atoms with Crippen LogP contribution in [0.3, 0.4) is 0 Å². The number of hydrogen-bond acceptors (Lipinski definition) is 14. The number of ether oxygens (including phenoxy) is 4. The normalized spacial score (nSPS) is 14.2. The summed E-state index contributed by atoms with van der Waals surface area (Å²) in [6.07, 6.45) is 1.94. The summed E-state index contributed by atoms with van der Waals surface area (Å²) < 4.78 is 22.9. The van der Waals surface area contributed by atoms with Crippen LogP contribution in [0.4, 0.5) is 0 Å². The first-order valence-corrected chi connectivity index (χ1v) is 23.4. The third-order valence-electron chi connectivity index (χ3n) is 11.4. The van der Waals surface area contributed by atoms with Crippen molar-refractivity contribution in [1.82, 2.24) is 21.0 Å². The standard InChI is InChI=1S/C53H47N5O12S/c59-38-14-12-36(13-15-38)50-48(42-19-16-39(60)29-45(42)71-50)49(63)35-8-10-37(11-9-35)51(64)57-55-30-33-6-17-40(18-7-33)70-28-27-68-24-23-67-25-26-69-32-47(62)54-22-2-4-34-3-1-5-41-43(34)31-58(53(41)66)44-20-21-46(61)56-52(44)65/h1,3,5-19,29-30,44,59-60H,20-28,31-32H2,(H,54,62)(H,57,64)(H,56,61,65)/b55-30+. The van der Waals surface area contributed by atoms with Gasteiger partial charge in [-0.05, 0) is 114 Å². The Morgan fingerprint density at radius 2 is 1.52 bits per heavy atom. The van der Waals surface area contributed by atoms with E-state index in [0.29, 0.717) is 75.8 Å². The fourth-order valence-electron chi connectivity index (χ4n) is 7.78. The molecule has 0 aliphatic carbocycles. The number of rotatable bonds is 20. The number of aromatic hydroxyl groups is 2. The van der Waals surface area contributed by atoms with Crippen molar-refractivity contribution in [1.29, 1.82) is 0 Å². The number of hydrazone groups is 1. The predicted octanol–water partition coefficient (Wildman–Crippen LogP) is 5.33. The molecule has 2 aliphatic rings. The lowest BCUT2D eigenvalue weighted by atomic mass is 9.97. The molecular weight excluding hydrogens is 931 g/mol. The van der Waals surface area contributed by atoms with E-state index in [9.17, 15) is 39.0 Å². The first-order valence-electron chi connectivity index (χ1n) is 22.5. The number of nitrogens with zero attached hydrogens (tertiary/aromatic N) is 2. The third-order valence-corrected chi connectivity index (χ3v) is 12.6. The molecule has 5 N–H and O–H groups in total. The van der Waals surface area contributed by atoms with Crippen LogP contribution < -0.4 is 20.8 Å². The second-order valence-corrected chi connectivity index (χ2v) is 17.2. The van der Waals surface area contributed by atoms with Crippen molar-refractivity contribution in [2.75, 3.05) is 52.8 Å². The largest absolute Gasteiger partial charge is 0.508 e. The summed E-state index contributed by atoms with van der Waals surface area (Å²) in [5.41, 5.74) is 6.92. The zero-order chi connectivity index (χ0) is 49.7. The molecule has 18 heteroatoms. The molecule has 1 atom stereocenters. The first-order chi connectivity index (χ1) is 34.5. The summed E-state index contributed by atoms with van der Waals surface area (Å²) in [5, 5.41) is 29.6. The molecule has 8 rings (SSSR count). The van der Waals surface area contributed by atoms with Crippen LogP contribution in [0.25, 0.3) is 20.5 Å². The number of hydrogen-bond donors (Lipinski definition) is 5. The summed E-state index contributed by atoms with van der Waals surface area (Å²) in [4.78, 5) is 78.1. The summed E-state index contributed by atoms with van der Waals surface area (Å²) >= 11 is 1.37. The van der Waals surface area contributed by atoms with Crippen LogP contribution in [0, 0.1) is 11.8 Å². The van der Waals surface area contributed by atoms with Crippen LogP contribution in [-0.2, 0) is 35.1 Å². The molecule has 71 heavy (non-hydrogen) atoms. The molecule has 0 spiro atoms.